The van der Waals surface area contributed by atoms with E-state index in [1.54, 1.807) is 36.4 Å². The molecule has 0 aromatic heterocycles. The molecule has 1 aliphatic heterocycles. The molecule has 160 valence electrons. The summed E-state index contributed by atoms with van der Waals surface area (Å²) in [6.45, 7) is 0. The number of esters is 1. The molecule has 1 heterocycles. The van der Waals surface area contributed by atoms with E-state index in [1.807, 2.05) is 0 Å². The van der Waals surface area contributed by atoms with Gasteiger partial charge in [0, 0.05) is 15.7 Å². The third-order valence-corrected chi connectivity index (χ3v) is 5.58. The highest BCUT2D eigenvalue weighted by Crippen LogP contribution is 2.38. The number of nitrogens with one attached hydrogen (secondary N) is 1. The summed E-state index contributed by atoms with van der Waals surface area (Å²) in [4.78, 5) is 51.5. The number of carbonyl (C=O) groups is 4. The molecule has 1 aliphatic rings. The summed E-state index contributed by atoms with van der Waals surface area (Å²) in [5.74, 6) is -6.50. The minimum absolute atomic E-state index is 0.185. The van der Waals surface area contributed by atoms with Crippen molar-refractivity contribution in [3.8, 4) is 0 Å². The van der Waals surface area contributed by atoms with Crippen molar-refractivity contribution in [1.82, 2.24) is 0 Å². The van der Waals surface area contributed by atoms with Crippen molar-refractivity contribution in [2.24, 2.45) is 5.92 Å². The van der Waals surface area contributed by atoms with E-state index in [1.165, 1.54) is 30.3 Å². The van der Waals surface area contributed by atoms with E-state index in [-0.39, 0.29) is 16.7 Å². The molecule has 0 radical (unpaired) electrons. The van der Waals surface area contributed by atoms with Crippen molar-refractivity contribution >= 4 is 45.1 Å². The highest BCUT2D eigenvalue weighted by Gasteiger charge is 2.46. The van der Waals surface area contributed by atoms with E-state index in [0.717, 1.165) is 10.5 Å². The van der Waals surface area contributed by atoms with Crippen LogP contribution in [0, 0.1) is 11.7 Å². The van der Waals surface area contributed by atoms with Gasteiger partial charge >= 0.3 is 5.97 Å². The maximum Gasteiger partial charge on any atom is 0.339 e. The van der Waals surface area contributed by atoms with Crippen LogP contribution in [0.25, 0.3) is 0 Å². The Morgan fingerprint density at radius 3 is 2.31 bits per heavy atom. The number of fused-ring (bicyclic) bond motifs is 1. The van der Waals surface area contributed by atoms with Gasteiger partial charge in [-0.15, -0.1) is 0 Å². The second-order valence-corrected chi connectivity index (χ2v) is 7.98. The number of ether oxygens (including phenoxy) is 1. The number of amides is 1. The molecule has 6 nitrogen and oxygen atoms in total. The maximum atomic E-state index is 14.4. The fourth-order valence-corrected chi connectivity index (χ4v) is 3.77. The number of benzene rings is 3. The average molecular weight is 496 g/mol. The molecule has 1 N–H and O–H groups in total. The molecule has 0 saturated heterocycles. The normalized spacial score (nSPS) is 15.4. The molecule has 0 spiro atoms. The molecule has 3 aromatic rings. The van der Waals surface area contributed by atoms with Crippen molar-refractivity contribution in [1.29, 1.82) is 0 Å². The SMILES string of the molecule is O=C(Nc1ccc(Br)cc1)C(=O)[C@H](C(=O)c1ccccc1F)[C@H]1OC(=O)c2ccccc21. The summed E-state index contributed by atoms with van der Waals surface area (Å²) in [5, 5.41) is 2.43. The summed E-state index contributed by atoms with van der Waals surface area (Å²) in [5.41, 5.74) is 0.428. The Balaban J connectivity index is 1.72. The fourth-order valence-electron chi connectivity index (χ4n) is 3.51. The Bertz CT molecular complexity index is 1240. The first-order valence-corrected chi connectivity index (χ1v) is 10.4. The lowest BCUT2D eigenvalue weighted by Crippen LogP contribution is -2.38. The number of rotatable bonds is 6. The first-order valence-electron chi connectivity index (χ1n) is 9.56. The van der Waals surface area contributed by atoms with Gasteiger partial charge < -0.3 is 10.1 Å². The maximum absolute atomic E-state index is 14.4. The average Bonchev–Trinajstić information content (AvgIpc) is 3.12. The summed E-state index contributed by atoms with van der Waals surface area (Å²) in [6, 6.07) is 17.8. The second-order valence-electron chi connectivity index (χ2n) is 7.06. The van der Waals surface area contributed by atoms with Gasteiger partial charge in [-0.3, -0.25) is 14.4 Å². The number of cyclic esters (lactones) is 1. The zero-order valence-corrected chi connectivity index (χ0v) is 18.0. The molecule has 0 saturated carbocycles. The zero-order valence-electron chi connectivity index (χ0n) is 16.4. The van der Waals surface area contributed by atoms with E-state index < -0.39 is 41.3 Å². The molecule has 1 amide bonds. The lowest BCUT2D eigenvalue weighted by atomic mass is 9.84. The van der Waals surface area contributed by atoms with Crippen LogP contribution in [0.2, 0.25) is 0 Å². The minimum atomic E-state index is -1.75. The van der Waals surface area contributed by atoms with Crippen LogP contribution in [0.3, 0.4) is 0 Å². The summed E-state index contributed by atoms with van der Waals surface area (Å²) in [6.07, 6.45) is -1.35. The Labute approximate surface area is 190 Å². The quantitative estimate of drug-likeness (QED) is 0.235. The third kappa shape index (κ3) is 4.09. The Hall–Kier alpha value is -3.65. The second kappa shape index (κ2) is 8.84. The molecule has 0 unspecified atom stereocenters. The number of anilines is 1. The first kappa shape index (κ1) is 21.6. The van der Waals surface area contributed by atoms with Crippen LogP contribution in [0.5, 0.6) is 0 Å². The first-order chi connectivity index (χ1) is 15.4. The number of hydrogen-bond donors (Lipinski definition) is 1. The molecule has 32 heavy (non-hydrogen) atoms. The Morgan fingerprint density at radius 1 is 0.938 bits per heavy atom. The minimum Gasteiger partial charge on any atom is -0.453 e. The predicted molar refractivity (Wildman–Crippen MR) is 117 cm³/mol. The van der Waals surface area contributed by atoms with Gasteiger partial charge in [-0.2, -0.15) is 0 Å². The number of Topliss-reactive ketones (excluding diaryl/α,β-unsaturated/α-hetero) is 2. The fraction of sp³-hybridized carbons (Fsp3) is 0.0833. The lowest BCUT2D eigenvalue weighted by Gasteiger charge is -2.21. The molecule has 0 bridgehead atoms. The van der Waals surface area contributed by atoms with Crippen LogP contribution in [-0.2, 0) is 14.3 Å². The van der Waals surface area contributed by atoms with Gasteiger partial charge in [-0.1, -0.05) is 46.3 Å². The van der Waals surface area contributed by atoms with Gasteiger partial charge in [0.2, 0.25) is 5.78 Å². The van der Waals surface area contributed by atoms with Gasteiger partial charge in [0.05, 0.1) is 11.1 Å². The van der Waals surface area contributed by atoms with Crippen molar-refractivity contribution in [3.05, 3.63) is 99.8 Å². The van der Waals surface area contributed by atoms with Crippen LogP contribution >= 0.6 is 15.9 Å². The molecule has 0 fully saturated rings. The molecular weight excluding hydrogens is 481 g/mol. The molecule has 8 heteroatoms. The van der Waals surface area contributed by atoms with Crippen molar-refractivity contribution in [2.75, 3.05) is 5.32 Å². The van der Waals surface area contributed by atoms with Crippen molar-refractivity contribution in [2.45, 2.75) is 6.10 Å². The number of halogens is 2. The number of ketones is 2. The summed E-state index contributed by atoms with van der Waals surface area (Å²) in [7, 11) is 0. The standard InChI is InChI=1S/C24H15BrFNO5/c25-13-9-11-14(12-10-13)27-23(30)21(29)19(20(28)17-7-3-4-8-18(17)26)22-15-5-1-2-6-16(15)24(31)32-22/h1-12,19,22H,(H,27,30)/t19-,22-/m0/s1. The van der Waals surface area contributed by atoms with Gasteiger partial charge in [-0.05, 0) is 42.5 Å². The van der Waals surface area contributed by atoms with E-state index in [4.69, 9.17) is 4.74 Å². The number of hydrogen-bond acceptors (Lipinski definition) is 5. The van der Waals surface area contributed by atoms with Crippen LogP contribution in [-0.4, -0.2) is 23.4 Å². The smallest absolute Gasteiger partial charge is 0.339 e. The Morgan fingerprint density at radius 2 is 1.59 bits per heavy atom. The molecular formula is C24H15BrFNO5. The lowest BCUT2D eigenvalue weighted by molar-refractivity contribution is -0.138. The van der Waals surface area contributed by atoms with Crippen molar-refractivity contribution < 1.29 is 28.3 Å². The molecule has 0 aliphatic carbocycles. The highest BCUT2D eigenvalue weighted by molar-refractivity contribution is 9.10. The molecule has 3 aromatic carbocycles. The zero-order chi connectivity index (χ0) is 22.8. The number of carbonyl (C=O) groups excluding carboxylic acids is 4. The van der Waals surface area contributed by atoms with Gasteiger partial charge in [-0.25, -0.2) is 9.18 Å². The van der Waals surface area contributed by atoms with E-state index in [2.05, 4.69) is 21.2 Å². The van der Waals surface area contributed by atoms with Gasteiger partial charge in [0.1, 0.15) is 17.8 Å². The highest BCUT2D eigenvalue weighted by atomic mass is 79.9. The van der Waals surface area contributed by atoms with Gasteiger partial charge in [0.25, 0.3) is 5.91 Å². The monoisotopic (exact) mass is 495 g/mol. The van der Waals surface area contributed by atoms with E-state index in [0.29, 0.717) is 5.69 Å². The molecule has 4 rings (SSSR count). The van der Waals surface area contributed by atoms with E-state index in [9.17, 15) is 23.6 Å². The predicted octanol–water partition coefficient (Wildman–Crippen LogP) is 4.51. The van der Waals surface area contributed by atoms with Crippen LogP contribution in [0.1, 0.15) is 32.4 Å². The van der Waals surface area contributed by atoms with Crippen molar-refractivity contribution in [3.63, 3.8) is 0 Å². The summed E-state index contributed by atoms with van der Waals surface area (Å²) >= 11 is 3.27. The topological polar surface area (TPSA) is 89.5 Å². The third-order valence-electron chi connectivity index (χ3n) is 5.05. The van der Waals surface area contributed by atoms with Crippen LogP contribution < -0.4 is 5.32 Å². The van der Waals surface area contributed by atoms with Gasteiger partial charge in [0.15, 0.2) is 5.78 Å². The van der Waals surface area contributed by atoms with Crippen LogP contribution in [0.4, 0.5) is 10.1 Å². The largest absolute Gasteiger partial charge is 0.453 e. The van der Waals surface area contributed by atoms with Crippen LogP contribution in [0.15, 0.2) is 77.3 Å². The van der Waals surface area contributed by atoms with E-state index >= 15 is 0 Å². The Kier molecular flexibility index (Phi) is 5.96. The molecule has 2 atom stereocenters. The summed E-state index contributed by atoms with van der Waals surface area (Å²) < 4.78 is 20.5.